The van der Waals surface area contributed by atoms with Crippen LogP contribution in [0, 0.1) is 0 Å². The standard InChI is InChI=1S/C11H15N5S.ClH/c1-15(2)8-9-17-11-12-13-14-16(11)10-6-4-3-5-7-10;/h3-7H,8-9H2,1-2H3;1H/p-1. The van der Waals surface area contributed by atoms with Crippen LogP contribution in [-0.4, -0.2) is 51.5 Å². The number of aromatic nitrogens is 4. The van der Waals surface area contributed by atoms with Gasteiger partial charge in [-0.15, -0.1) is 5.10 Å². The average Bonchev–Trinajstić information content (AvgIpc) is 2.78. The van der Waals surface area contributed by atoms with Gasteiger partial charge in [-0.3, -0.25) is 0 Å². The van der Waals surface area contributed by atoms with Gasteiger partial charge in [0.1, 0.15) is 0 Å². The Morgan fingerprint density at radius 3 is 2.61 bits per heavy atom. The molecule has 2 aromatic rings. The minimum absolute atomic E-state index is 0. The number of hydrogen-bond donors (Lipinski definition) is 0. The highest BCUT2D eigenvalue weighted by Gasteiger charge is 2.08. The Labute approximate surface area is 117 Å². The third-order valence-electron chi connectivity index (χ3n) is 2.21. The Morgan fingerprint density at radius 1 is 1.22 bits per heavy atom. The zero-order valence-electron chi connectivity index (χ0n) is 10.3. The van der Waals surface area contributed by atoms with Gasteiger partial charge in [-0.1, -0.05) is 30.0 Å². The molecule has 0 unspecified atom stereocenters. The van der Waals surface area contributed by atoms with Crippen molar-refractivity contribution in [3.05, 3.63) is 30.3 Å². The lowest BCUT2D eigenvalue weighted by molar-refractivity contribution is -0.00000368. The number of rotatable bonds is 5. The summed E-state index contributed by atoms with van der Waals surface area (Å²) in [5.74, 6) is 0.972. The van der Waals surface area contributed by atoms with E-state index < -0.39 is 0 Å². The van der Waals surface area contributed by atoms with Crippen molar-refractivity contribution in [2.75, 3.05) is 26.4 Å². The van der Waals surface area contributed by atoms with Gasteiger partial charge in [0.15, 0.2) is 0 Å². The second-order valence-electron chi connectivity index (χ2n) is 3.86. The van der Waals surface area contributed by atoms with Crippen molar-refractivity contribution in [3.8, 4) is 5.69 Å². The van der Waals surface area contributed by atoms with Gasteiger partial charge in [0.05, 0.1) is 5.69 Å². The van der Waals surface area contributed by atoms with E-state index in [2.05, 4.69) is 34.5 Å². The molecule has 0 atom stereocenters. The van der Waals surface area contributed by atoms with Gasteiger partial charge in [-0.25, -0.2) is 0 Å². The van der Waals surface area contributed by atoms with Gasteiger partial charge in [0.25, 0.3) is 0 Å². The Bertz CT molecular complexity index is 459. The molecule has 18 heavy (non-hydrogen) atoms. The summed E-state index contributed by atoms with van der Waals surface area (Å²) < 4.78 is 1.76. The van der Waals surface area contributed by atoms with Crippen LogP contribution in [0.25, 0.3) is 5.69 Å². The molecule has 0 saturated heterocycles. The van der Waals surface area contributed by atoms with Crippen molar-refractivity contribution >= 4 is 11.8 Å². The van der Waals surface area contributed by atoms with Crippen LogP contribution in [0.3, 0.4) is 0 Å². The second kappa shape index (κ2) is 7.35. The third kappa shape index (κ3) is 3.97. The molecule has 0 bridgehead atoms. The number of hydrogen-bond acceptors (Lipinski definition) is 5. The maximum absolute atomic E-state index is 4.04. The molecule has 0 fully saturated rings. The van der Waals surface area contributed by atoms with Crippen LogP contribution in [0.4, 0.5) is 0 Å². The molecule has 7 heteroatoms. The predicted molar refractivity (Wildman–Crippen MR) is 68.4 cm³/mol. The summed E-state index contributed by atoms with van der Waals surface area (Å²) in [5.41, 5.74) is 0.991. The molecule has 0 aliphatic carbocycles. The summed E-state index contributed by atoms with van der Waals surface area (Å²) in [7, 11) is 4.11. The van der Waals surface area contributed by atoms with Crippen molar-refractivity contribution < 1.29 is 12.4 Å². The van der Waals surface area contributed by atoms with Crippen LogP contribution < -0.4 is 12.4 Å². The monoisotopic (exact) mass is 284 g/mol. The lowest BCUT2D eigenvalue weighted by atomic mass is 10.3. The van der Waals surface area contributed by atoms with E-state index in [1.807, 2.05) is 30.3 Å². The molecule has 0 aliphatic rings. The van der Waals surface area contributed by atoms with Crippen molar-refractivity contribution in [1.82, 2.24) is 25.1 Å². The van der Waals surface area contributed by atoms with Crippen LogP contribution in [0.15, 0.2) is 35.5 Å². The molecule has 0 saturated carbocycles. The maximum Gasteiger partial charge on any atom is 0.214 e. The molecule has 0 N–H and O–H groups in total. The smallest absolute Gasteiger partial charge is 0.214 e. The van der Waals surface area contributed by atoms with E-state index in [1.165, 1.54) is 0 Å². The van der Waals surface area contributed by atoms with Crippen molar-refractivity contribution in [2.45, 2.75) is 5.16 Å². The van der Waals surface area contributed by atoms with Gasteiger partial charge >= 0.3 is 0 Å². The Hall–Kier alpha value is -1.11. The molecular weight excluding hydrogens is 270 g/mol. The molecule has 1 aromatic carbocycles. The minimum Gasteiger partial charge on any atom is -1.00 e. The SMILES string of the molecule is CN(C)CCSc1nnnn1-c1ccccc1.[Cl-]. The molecule has 1 heterocycles. The molecule has 0 amide bonds. The predicted octanol–water partition coefficient (Wildman–Crippen LogP) is -1.68. The summed E-state index contributed by atoms with van der Waals surface area (Å²) >= 11 is 1.66. The van der Waals surface area contributed by atoms with Crippen LogP contribution in [0.5, 0.6) is 0 Å². The fourth-order valence-electron chi connectivity index (χ4n) is 1.32. The molecule has 0 aliphatic heterocycles. The second-order valence-corrected chi connectivity index (χ2v) is 4.92. The quantitative estimate of drug-likeness (QED) is 0.614. The van der Waals surface area contributed by atoms with E-state index in [0.717, 1.165) is 23.1 Å². The third-order valence-corrected chi connectivity index (χ3v) is 3.11. The topological polar surface area (TPSA) is 46.8 Å². The number of halogens is 1. The Morgan fingerprint density at radius 2 is 1.94 bits per heavy atom. The van der Waals surface area contributed by atoms with Crippen LogP contribution in [0.2, 0.25) is 0 Å². The van der Waals surface area contributed by atoms with Gasteiger partial charge in [-0.2, -0.15) is 4.68 Å². The molecule has 0 radical (unpaired) electrons. The van der Waals surface area contributed by atoms with Crippen molar-refractivity contribution in [2.24, 2.45) is 0 Å². The maximum atomic E-state index is 4.04. The lowest BCUT2D eigenvalue weighted by Gasteiger charge is -2.08. The van der Waals surface area contributed by atoms with Gasteiger partial charge in [0, 0.05) is 12.3 Å². The number of nitrogens with zero attached hydrogens (tertiary/aromatic N) is 5. The molecule has 1 aromatic heterocycles. The van der Waals surface area contributed by atoms with E-state index in [4.69, 9.17) is 0 Å². The summed E-state index contributed by atoms with van der Waals surface area (Å²) in [6.07, 6.45) is 0. The van der Waals surface area contributed by atoms with E-state index >= 15 is 0 Å². The van der Waals surface area contributed by atoms with E-state index in [0.29, 0.717) is 0 Å². The zero-order chi connectivity index (χ0) is 12.1. The van der Waals surface area contributed by atoms with Crippen molar-refractivity contribution in [3.63, 3.8) is 0 Å². The van der Waals surface area contributed by atoms with Gasteiger partial charge in [-0.05, 0) is 36.7 Å². The van der Waals surface area contributed by atoms with E-state index in [9.17, 15) is 0 Å². The fraction of sp³-hybridized carbons (Fsp3) is 0.364. The molecule has 98 valence electrons. The number of tetrazole rings is 1. The van der Waals surface area contributed by atoms with Gasteiger partial charge in [0.2, 0.25) is 5.16 Å². The normalized spacial score (nSPS) is 10.4. The average molecular weight is 285 g/mol. The zero-order valence-corrected chi connectivity index (χ0v) is 11.9. The largest absolute Gasteiger partial charge is 1.00 e. The van der Waals surface area contributed by atoms with E-state index in [-0.39, 0.29) is 12.4 Å². The Kier molecular flexibility index (Phi) is 6.11. The number of para-hydroxylation sites is 1. The van der Waals surface area contributed by atoms with Crippen LogP contribution in [-0.2, 0) is 0 Å². The highest BCUT2D eigenvalue weighted by atomic mass is 35.5. The number of thioether (sulfide) groups is 1. The fourth-order valence-corrected chi connectivity index (χ4v) is 2.32. The first-order valence-corrected chi connectivity index (χ1v) is 6.37. The molecule has 2 rings (SSSR count). The van der Waals surface area contributed by atoms with Crippen LogP contribution >= 0.6 is 11.8 Å². The summed E-state index contributed by atoms with van der Waals surface area (Å²) in [5, 5.41) is 12.6. The molecule has 5 nitrogen and oxygen atoms in total. The Balaban J connectivity index is 0.00000162. The highest BCUT2D eigenvalue weighted by molar-refractivity contribution is 7.99. The number of benzene rings is 1. The van der Waals surface area contributed by atoms with Gasteiger partial charge < -0.3 is 17.3 Å². The molecular formula is C11H15ClN5S-. The summed E-state index contributed by atoms with van der Waals surface area (Å²) in [6.45, 7) is 1.01. The first-order valence-electron chi connectivity index (χ1n) is 5.38. The molecule has 0 spiro atoms. The highest BCUT2D eigenvalue weighted by Crippen LogP contribution is 2.17. The van der Waals surface area contributed by atoms with E-state index in [1.54, 1.807) is 16.4 Å². The lowest BCUT2D eigenvalue weighted by Crippen LogP contribution is -3.00. The first-order chi connectivity index (χ1) is 8.27. The minimum atomic E-state index is 0. The summed E-state index contributed by atoms with van der Waals surface area (Å²) in [4.78, 5) is 2.14. The van der Waals surface area contributed by atoms with Crippen molar-refractivity contribution in [1.29, 1.82) is 0 Å². The first kappa shape index (κ1) is 14.9. The van der Waals surface area contributed by atoms with Crippen LogP contribution in [0.1, 0.15) is 0 Å². The summed E-state index contributed by atoms with van der Waals surface area (Å²) in [6, 6.07) is 9.92.